The predicted molar refractivity (Wildman–Crippen MR) is 134 cm³/mol. The molecule has 0 bridgehead atoms. The Morgan fingerprint density at radius 1 is 0.833 bits per heavy atom. The fourth-order valence-electron chi connectivity index (χ4n) is 3.98. The summed E-state index contributed by atoms with van der Waals surface area (Å²) in [7, 11) is 0. The van der Waals surface area contributed by atoms with Crippen LogP contribution in [0.3, 0.4) is 0 Å². The van der Waals surface area contributed by atoms with E-state index in [9.17, 15) is 19.8 Å². The van der Waals surface area contributed by atoms with E-state index in [-0.39, 0.29) is 0 Å². The van der Waals surface area contributed by atoms with Gasteiger partial charge in [-0.3, -0.25) is 4.90 Å². The van der Waals surface area contributed by atoms with E-state index in [1.165, 1.54) is 11.1 Å². The molecule has 3 aromatic rings. The highest BCUT2D eigenvalue weighted by Crippen LogP contribution is 2.29. The third-order valence-corrected chi connectivity index (χ3v) is 6.02. The van der Waals surface area contributed by atoms with E-state index >= 15 is 0 Å². The molecule has 188 valence electrons. The zero-order valence-electron chi connectivity index (χ0n) is 19.7. The highest BCUT2D eigenvalue weighted by molar-refractivity contribution is 6.30. The number of aromatic nitrogens is 2. The number of aliphatic carboxylic acids is 2. The normalized spacial score (nSPS) is 14.6. The molecule has 2 aromatic carbocycles. The first-order chi connectivity index (χ1) is 17.4. The quantitative estimate of drug-likeness (QED) is 0.423. The van der Waals surface area contributed by atoms with Gasteiger partial charge in [0.2, 0.25) is 5.95 Å². The first kappa shape index (κ1) is 26.8. The fraction of sp³-hybridized carbons (Fsp3) is 0.259. The van der Waals surface area contributed by atoms with Crippen molar-refractivity contribution in [3.63, 3.8) is 0 Å². The number of hydrogen-bond donors (Lipinski definition) is 0. The van der Waals surface area contributed by atoms with Crippen LogP contribution < -0.4 is 15.1 Å². The smallest absolute Gasteiger partial charge is 0.225 e. The second-order valence-electron chi connectivity index (χ2n) is 8.15. The Kier molecular flexibility index (Phi) is 10.4. The summed E-state index contributed by atoms with van der Waals surface area (Å²) in [6.07, 6.45) is 5.48. The summed E-state index contributed by atoms with van der Waals surface area (Å²) in [6.45, 7) is 5.11. The minimum absolute atomic E-state index is 0.383. The molecule has 0 amide bonds. The Bertz CT molecular complexity index is 1100. The molecular formula is C27H27ClN4O4-2. The Morgan fingerprint density at radius 3 is 1.94 bits per heavy atom. The number of piperazine rings is 1. The van der Waals surface area contributed by atoms with Crippen LogP contribution in [0.25, 0.3) is 0 Å². The molecule has 1 aliphatic rings. The number of carbonyl (C=O) groups excluding carboxylic acids is 2. The minimum Gasteiger partial charge on any atom is -0.545 e. The molecule has 9 heteroatoms. The number of halogens is 1. The Labute approximate surface area is 215 Å². The Hall–Kier alpha value is -3.75. The van der Waals surface area contributed by atoms with E-state index in [1.807, 2.05) is 30.6 Å². The second kappa shape index (κ2) is 14.0. The van der Waals surface area contributed by atoms with Crippen molar-refractivity contribution in [2.75, 3.05) is 37.6 Å². The molecule has 1 aromatic heterocycles. The van der Waals surface area contributed by atoms with Crippen molar-refractivity contribution >= 4 is 29.5 Å². The molecule has 1 aliphatic heterocycles. The lowest BCUT2D eigenvalue weighted by Crippen LogP contribution is -2.47. The Morgan fingerprint density at radius 2 is 1.39 bits per heavy atom. The summed E-state index contributed by atoms with van der Waals surface area (Å²) in [4.78, 5) is 32.4. The monoisotopic (exact) mass is 506 g/mol. The maximum Gasteiger partial charge on any atom is 0.225 e. The molecule has 0 N–H and O–H groups in total. The van der Waals surface area contributed by atoms with Crippen LogP contribution >= 0.6 is 11.6 Å². The number of hydrogen-bond acceptors (Lipinski definition) is 8. The van der Waals surface area contributed by atoms with Crippen LogP contribution in [0.4, 0.5) is 5.95 Å². The summed E-state index contributed by atoms with van der Waals surface area (Å²) in [5, 5.41) is 19.6. The highest BCUT2D eigenvalue weighted by atomic mass is 35.5. The number of rotatable bonds is 8. The lowest BCUT2D eigenvalue weighted by Gasteiger charge is -2.35. The van der Waals surface area contributed by atoms with Gasteiger partial charge in [-0.2, -0.15) is 0 Å². The summed E-state index contributed by atoms with van der Waals surface area (Å²) < 4.78 is 0. The molecule has 8 nitrogen and oxygen atoms in total. The minimum atomic E-state index is -1.55. The van der Waals surface area contributed by atoms with E-state index in [1.54, 1.807) is 0 Å². The van der Waals surface area contributed by atoms with Gasteiger partial charge in [0.1, 0.15) is 0 Å². The molecule has 0 radical (unpaired) electrons. The zero-order valence-corrected chi connectivity index (χ0v) is 20.5. The average Bonchev–Trinajstić information content (AvgIpc) is 2.90. The topological polar surface area (TPSA) is 113 Å². The van der Waals surface area contributed by atoms with Gasteiger partial charge in [-0.15, -0.1) is 0 Å². The molecule has 1 fully saturated rings. The van der Waals surface area contributed by atoms with Gasteiger partial charge >= 0.3 is 0 Å². The van der Waals surface area contributed by atoms with Crippen molar-refractivity contribution in [2.24, 2.45) is 0 Å². The number of anilines is 1. The van der Waals surface area contributed by atoms with E-state index in [0.29, 0.717) is 18.1 Å². The lowest BCUT2D eigenvalue weighted by atomic mass is 9.88. The molecule has 4 rings (SSSR count). The summed E-state index contributed by atoms with van der Waals surface area (Å²) in [6, 6.07) is 20.9. The van der Waals surface area contributed by atoms with Crippen molar-refractivity contribution in [3.05, 3.63) is 101 Å². The Balaban J connectivity index is 0.000000392. The molecule has 1 atom stereocenters. The van der Waals surface area contributed by atoms with Crippen molar-refractivity contribution < 1.29 is 19.8 Å². The average molecular weight is 507 g/mol. The lowest BCUT2D eigenvalue weighted by molar-refractivity contribution is -0.301. The standard InChI is InChI=1S/C23H25ClN4.C4H4O4/c24-21-9-7-20(8-10-21)22(19-5-2-1-3-6-19)11-14-27-15-17-28(18-16-27)23-25-12-4-13-26-23;5-3(6)1-2-4(7)8/h1-10,12-13,22H,11,14-18H2;1-2H,(H,5,6)(H,7,8)/p-2/b;2-1-. The third kappa shape index (κ3) is 8.79. The van der Waals surface area contributed by atoms with Gasteiger partial charge in [-0.05, 0) is 54.4 Å². The third-order valence-electron chi connectivity index (χ3n) is 5.77. The SMILES string of the molecule is Clc1ccc(C(CCN2CCN(c3ncccn3)CC2)c2ccccc2)cc1.O=C([O-])/C=C\C(=O)[O-]. The van der Waals surface area contributed by atoms with Gasteiger partial charge in [0, 0.05) is 49.5 Å². The first-order valence-electron chi connectivity index (χ1n) is 11.6. The van der Waals surface area contributed by atoms with Gasteiger partial charge in [0.25, 0.3) is 0 Å². The molecule has 0 spiro atoms. The number of carboxylic acid groups (broad SMARTS) is 2. The fourth-order valence-corrected chi connectivity index (χ4v) is 4.11. The van der Waals surface area contributed by atoms with E-state index in [2.05, 4.69) is 62.2 Å². The van der Waals surface area contributed by atoms with Crippen molar-refractivity contribution in [1.82, 2.24) is 14.9 Å². The zero-order chi connectivity index (χ0) is 25.8. The van der Waals surface area contributed by atoms with Crippen LogP contribution in [0.2, 0.25) is 5.02 Å². The number of nitrogens with zero attached hydrogens (tertiary/aromatic N) is 4. The predicted octanol–water partition coefficient (Wildman–Crippen LogP) is 1.52. The van der Waals surface area contributed by atoms with Crippen molar-refractivity contribution in [1.29, 1.82) is 0 Å². The number of carboxylic acids is 2. The van der Waals surface area contributed by atoms with Crippen molar-refractivity contribution in [3.8, 4) is 0 Å². The first-order valence-corrected chi connectivity index (χ1v) is 11.9. The van der Waals surface area contributed by atoms with Gasteiger partial charge in [-0.1, -0.05) is 54.1 Å². The second-order valence-corrected chi connectivity index (χ2v) is 8.59. The van der Waals surface area contributed by atoms with Crippen LogP contribution in [-0.2, 0) is 9.59 Å². The van der Waals surface area contributed by atoms with Gasteiger partial charge in [0.05, 0.1) is 11.9 Å². The molecule has 1 unspecified atom stereocenters. The molecule has 36 heavy (non-hydrogen) atoms. The molecule has 0 aliphatic carbocycles. The van der Waals surface area contributed by atoms with E-state index in [0.717, 1.165) is 50.1 Å². The van der Waals surface area contributed by atoms with Crippen LogP contribution in [0.15, 0.2) is 85.2 Å². The number of benzene rings is 2. The maximum atomic E-state index is 9.41. The summed E-state index contributed by atoms with van der Waals surface area (Å²) >= 11 is 6.10. The van der Waals surface area contributed by atoms with E-state index in [4.69, 9.17) is 11.6 Å². The van der Waals surface area contributed by atoms with Crippen LogP contribution in [0, 0.1) is 0 Å². The number of carbonyl (C=O) groups is 2. The van der Waals surface area contributed by atoms with Crippen LogP contribution in [0.1, 0.15) is 23.5 Å². The molecular weight excluding hydrogens is 480 g/mol. The summed E-state index contributed by atoms with van der Waals surface area (Å²) in [5.74, 6) is -1.87. The molecule has 2 heterocycles. The van der Waals surface area contributed by atoms with Gasteiger partial charge < -0.3 is 24.7 Å². The largest absolute Gasteiger partial charge is 0.545 e. The summed E-state index contributed by atoms with van der Waals surface area (Å²) in [5.41, 5.74) is 2.69. The molecule has 0 saturated carbocycles. The van der Waals surface area contributed by atoms with Gasteiger partial charge in [-0.25, -0.2) is 9.97 Å². The van der Waals surface area contributed by atoms with E-state index < -0.39 is 11.9 Å². The van der Waals surface area contributed by atoms with Gasteiger partial charge in [0.15, 0.2) is 0 Å². The molecule has 1 saturated heterocycles. The van der Waals surface area contributed by atoms with Crippen LogP contribution in [0.5, 0.6) is 0 Å². The van der Waals surface area contributed by atoms with Crippen molar-refractivity contribution in [2.45, 2.75) is 12.3 Å². The van der Waals surface area contributed by atoms with Crippen LogP contribution in [-0.4, -0.2) is 59.5 Å². The highest BCUT2D eigenvalue weighted by Gasteiger charge is 2.21. The maximum absolute atomic E-state index is 9.41.